The normalized spacial score (nSPS) is 19.6. The van der Waals surface area contributed by atoms with Crippen molar-refractivity contribution in [2.45, 2.75) is 45.8 Å². The van der Waals surface area contributed by atoms with Crippen LogP contribution < -0.4 is 5.46 Å². The van der Waals surface area contributed by atoms with Crippen molar-refractivity contribution in [3.05, 3.63) is 28.8 Å². The molecule has 0 bridgehead atoms. The summed E-state index contributed by atoms with van der Waals surface area (Å²) in [5, 5.41) is 0.334. The molecule has 2 rings (SSSR count). The first kappa shape index (κ1) is 16.3. The lowest BCUT2D eigenvalue weighted by Gasteiger charge is -2.32. The Kier molecular flexibility index (Phi) is 4.38. The molecule has 1 aromatic carbocycles. The third kappa shape index (κ3) is 3.10. The van der Waals surface area contributed by atoms with Gasteiger partial charge in [-0.05, 0) is 52.2 Å². The molecule has 0 unspecified atom stereocenters. The second kappa shape index (κ2) is 5.63. The van der Waals surface area contributed by atoms with Gasteiger partial charge in [0.15, 0.2) is 0 Å². The van der Waals surface area contributed by atoms with E-state index in [1.807, 2.05) is 27.7 Å². The molecular weight excluding hydrogens is 290 g/mol. The molecule has 21 heavy (non-hydrogen) atoms. The molecule has 0 N–H and O–H groups in total. The molecule has 0 aromatic heterocycles. The van der Waals surface area contributed by atoms with E-state index in [2.05, 4.69) is 0 Å². The number of carbonyl (C=O) groups excluding carboxylic acids is 1. The van der Waals surface area contributed by atoms with Crippen LogP contribution in [0.3, 0.4) is 0 Å². The molecule has 1 heterocycles. The number of benzene rings is 1. The summed E-state index contributed by atoms with van der Waals surface area (Å²) in [5.41, 5.74) is 0.305. The third-order valence-corrected chi connectivity index (χ3v) is 4.33. The van der Waals surface area contributed by atoms with E-state index in [1.165, 1.54) is 0 Å². The van der Waals surface area contributed by atoms with Crippen molar-refractivity contribution in [2.24, 2.45) is 0 Å². The first-order valence-corrected chi connectivity index (χ1v) is 7.38. The molecule has 1 aliphatic heterocycles. The lowest BCUT2D eigenvalue weighted by molar-refractivity contribution is 0.00578. The fourth-order valence-electron chi connectivity index (χ4n) is 2.03. The molecule has 114 valence electrons. The molecule has 0 atom stereocenters. The minimum absolute atomic E-state index is 0.314. The predicted octanol–water partition coefficient (Wildman–Crippen LogP) is 2.82. The lowest BCUT2D eigenvalue weighted by Crippen LogP contribution is -2.41. The van der Waals surface area contributed by atoms with Crippen LogP contribution in [-0.2, 0) is 14.0 Å². The van der Waals surface area contributed by atoms with Crippen molar-refractivity contribution in [3.8, 4) is 0 Å². The Bertz CT molecular complexity index is 541. The number of hydrogen-bond acceptors (Lipinski definition) is 4. The zero-order valence-corrected chi connectivity index (χ0v) is 13.8. The van der Waals surface area contributed by atoms with Crippen molar-refractivity contribution >= 4 is 30.2 Å². The standard InChI is InChI=1S/C15H20BClO4/c1-6-19-13(18)11-8-7-10(9-12(11)17)16-20-14(2,3)15(4,5)21-16/h7-9H,6H2,1-5H3. The van der Waals surface area contributed by atoms with E-state index in [4.69, 9.17) is 25.6 Å². The fraction of sp³-hybridized carbons (Fsp3) is 0.533. The van der Waals surface area contributed by atoms with Gasteiger partial charge in [-0.1, -0.05) is 17.7 Å². The summed E-state index contributed by atoms with van der Waals surface area (Å²) in [6, 6.07) is 5.11. The van der Waals surface area contributed by atoms with Gasteiger partial charge < -0.3 is 14.0 Å². The maximum absolute atomic E-state index is 11.7. The number of rotatable bonds is 3. The predicted molar refractivity (Wildman–Crippen MR) is 83.1 cm³/mol. The SMILES string of the molecule is CCOC(=O)c1ccc(B2OC(C)(C)C(C)(C)O2)cc1Cl. The highest BCUT2D eigenvalue weighted by molar-refractivity contribution is 6.62. The summed E-state index contributed by atoms with van der Waals surface area (Å²) in [7, 11) is -0.497. The highest BCUT2D eigenvalue weighted by Crippen LogP contribution is 2.36. The Morgan fingerprint density at radius 3 is 2.29 bits per heavy atom. The summed E-state index contributed by atoms with van der Waals surface area (Å²) >= 11 is 6.17. The molecule has 1 aliphatic rings. The van der Waals surface area contributed by atoms with Crippen LogP contribution in [0.25, 0.3) is 0 Å². The van der Waals surface area contributed by atoms with Crippen molar-refractivity contribution in [1.82, 2.24) is 0 Å². The minimum atomic E-state index is -0.497. The van der Waals surface area contributed by atoms with Gasteiger partial charge in [-0.2, -0.15) is 0 Å². The Balaban J connectivity index is 2.24. The zero-order valence-electron chi connectivity index (χ0n) is 13.0. The second-order valence-electron chi connectivity index (χ2n) is 6.05. The van der Waals surface area contributed by atoms with E-state index < -0.39 is 24.3 Å². The largest absolute Gasteiger partial charge is 0.494 e. The molecule has 1 saturated heterocycles. The summed E-state index contributed by atoms with van der Waals surface area (Å²) in [6.45, 7) is 10.0. The van der Waals surface area contributed by atoms with E-state index in [-0.39, 0.29) is 0 Å². The van der Waals surface area contributed by atoms with Gasteiger partial charge in [-0.15, -0.1) is 0 Å². The molecule has 0 radical (unpaired) electrons. The summed E-state index contributed by atoms with van der Waals surface area (Å²) in [5.74, 6) is -0.428. The van der Waals surface area contributed by atoms with Crippen LogP contribution >= 0.6 is 11.6 Å². The molecule has 0 amide bonds. The monoisotopic (exact) mass is 310 g/mol. The number of esters is 1. The topological polar surface area (TPSA) is 44.8 Å². The van der Waals surface area contributed by atoms with E-state index in [0.717, 1.165) is 5.46 Å². The smallest absolute Gasteiger partial charge is 0.462 e. The van der Waals surface area contributed by atoms with Crippen LogP contribution in [0.1, 0.15) is 45.0 Å². The van der Waals surface area contributed by atoms with Crippen LogP contribution in [0.15, 0.2) is 18.2 Å². The van der Waals surface area contributed by atoms with Crippen LogP contribution in [-0.4, -0.2) is 30.9 Å². The Labute approximate surface area is 130 Å². The van der Waals surface area contributed by atoms with E-state index in [9.17, 15) is 4.79 Å². The molecule has 1 fully saturated rings. The molecule has 6 heteroatoms. The van der Waals surface area contributed by atoms with Crippen molar-refractivity contribution in [2.75, 3.05) is 6.61 Å². The van der Waals surface area contributed by atoms with Gasteiger partial charge in [0.25, 0.3) is 0 Å². The lowest BCUT2D eigenvalue weighted by atomic mass is 9.79. The molecule has 0 aliphatic carbocycles. The summed E-state index contributed by atoms with van der Waals surface area (Å²) < 4.78 is 16.9. The maximum Gasteiger partial charge on any atom is 0.494 e. The molecule has 1 aromatic rings. The average Bonchev–Trinajstić information content (AvgIpc) is 2.58. The third-order valence-electron chi connectivity index (χ3n) is 4.01. The van der Waals surface area contributed by atoms with Crippen LogP contribution in [0.5, 0.6) is 0 Å². The highest BCUT2D eigenvalue weighted by Gasteiger charge is 2.51. The van der Waals surface area contributed by atoms with E-state index in [0.29, 0.717) is 17.2 Å². The van der Waals surface area contributed by atoms with Gasteiger partial charge in [-0.3, -0.25) is 0 Å². The maximum atomic E-state index is 11.7. The van der Waals surface area contributed by atoms with E-state index >= 15 is 0 Å². The van der Waals surface area contributed by atoms with Crippen molar-refractivity contribution in [3.63, 3.8) is 0 Å². The molecule has 0 spiro atoms. The quantitative estimate of drug-likeness (QED) is 0.636. The zero-order chi connectivity index (χ0) is 15.8. The first-order chi connectivity index (χ1) is 9.68. The number of carbonyl (C=O) groups is 1. The van der Waals surface area contributed by atoms with Crippen molar-refractivity contribution < 1.29 is 18.8 Å². The molecule has 4 nitrogen and oxygen atoms in total. The summed E-state index contributed by atoms with van der Waals surface area (Å²) in [6.07, 6.45) is 0. The molecule has 0 saturated carbocycles. The highest BCUT2D eigenvalue weighted by atomic mass is 35.5. The Morgan fingerprint density at radius 1 is 1.24 bits per heavy atom. The van der Waals surface area contributed by atoms with Gasteiger partial charge >= 0.3 is 13.1 Å². The minimum Gasteiger partial charge on any atom is -0.462 e. The van der Waals surface area contributed by atoms with Gasteiger partial charge in [0.05, 0.1) is 28.4 Å². The Morgan fingerprint density at radius 2 is 1.81 bits per heavy atom. The average molecular weight is 311 g/mol. The van der Waals surface area contributed by atoms with Crippen LogP contribution in [0, 0.1) is 0 Å². The summed E-state index contributed by atoms with van der Waals surface area (Å²) in [4.78, 5) is 11.7. The van der Waals surface area contributed by atoms with Gasteiger partial charge in [-0.25, -0.2) is 4.79 Å². The number of hydrogen-bond donors (Lipinski definition) is 0. The Hall–Kier alpha value is -1.04. The molecular formula is C15H20BClO4. The van der Waals surface area contributed by atoms with E-state index in [1.54, 1.807) is 25.1 Å². The van der Waals surface area contributed by atoms with Crippen LogP contribution in [0.2, 0.25) is 5.02 Å². The first-order valence-electron chi connectivity index (χ1n) is 7.00. The van der Waals surface area contributed by atoms with Crippen LogP contribution in [0.4, 0.5) is 0 Å². The van der Waals surface area contributed by atoms with Gasteiger partial charge in [0.1, 0.15) is 0 Å². The number of ether oxygens (including phenoxy) is 1. The second-order valence-corrected chi connectivity index (χ2v) is 6.46. The number of halogens is 1. The fourth-order valence-corrected chi connectivity index (χ4v) is 2.30. The van der Waals surface area contributed by atoms with Gasteiger partial charge in [0.2, 0.25) is 0 Å². The van der Waals surface area contributed by atoms with Crippen molar-refractivity contribution in [1.29, 1.82) is 0 Å². The van der Waals surface area contributed by atoms with Gasteiger partial charge in [0, 0.05) is 0 Å².